The highest BCUT2D eigenvalue weighted by Crippen LogP contribution is 2.32. The summed E-state index contributed by atoms with van der Waals surface area (Å²) in [5.74, 6) is 2.11. The molecule has 3 aliphatic rings. The number of likely N-dealkylation sites (tertiary alicyclic amines) is 2. The van der Waals surface area contributed by atoms with Crippen LogP contribution in [-0.2, 0) is 20.7 Å². The van der Waals surface area contributed by atoms with Crippen molar-refractivity contribution in [3.8, 4) is 5.75 Å². The number of hydrogen-bond acceptors (Lipinski definition) is 5. The van der Waals surface area contributed by atoms with Crippen molar-refractivity contribution in [1.29, 1.82) is 0 Å². The highest BCUT2D eigenvalue weighted by Gasteiger charge is 2.36. The van der Waals surface area contributed by atoms with E-state index in [0.717, 1.165) is 83.2 Å². The second-order valence-corrected chi connectivity index (χ2v) is 9.00. The first kappa shape index (κ1) is 22.1. The van der Waals surface area contributed by atoms with Crippen molar-refractivity contribution in [2.45, 2.75) is 25.7 Å². The highest BCUT2D eigenvalue weighted by molar-refractivity contribution is 5.79. The second kappa shape index (κ2) is 10.5. The van der Waals surface area contributed by atoms with Crippen LogP contribution < -0.4 is 4.74 Å². The van der Waals surface area contributed by atoms with Gasteiger partial charge >= 0.3 is 0 Å². The van der Waals surface area contributed by atoms with Crippen molar-refractivity contribution >= 4 is 11.8 Å². The van der Waals surface area contributed by atoms with Gasteiger partial charge < -0.3 is 19.3 Å². The van der Waals surface area contributed by atoms with Crippen LogP contribution >= 0.6 is 0 Å². The van der Waals surface area contributed by atoms with Gasteiger partial charge in [-0.2, -0.15) is 0 Å². The van der Waals surface area contributed by atoms with Crippen molar-refractivity contribution < 1.29 is 19.1 Å². The number of rotatable bonds is 6. The van der Waals surface area contributed by atoms with Crippen LogP contribution in [0.2, 0.25) is 0 Å². The number of nitrogens with zero attached hydrogens (tertiary/aromatic N) is 3. The van der Waals surface area contributed by atoms with Gasteiger partial charge in [-0.3, -0.25) is 14.5 Å². The Hall–Kier alpha value is -2.12. The Morgan fingerprint density at radius 1 is 1.03 bits per heavy atom. The predicted molar refractivity (Wildman–Crippen MR) is 118 cm³/mol. The smallest absolute Gasteiger partial charge is 0.226 e. The third-order valence-electron chi connectivity index (χ3n) is 7.11. The molecule has 2 atom stereocenters. The number of hydrogen-bond donors (Lipinski definition) is 0. The molecular weight excluding hydrogens is 394 g/mol. The molecule has 0 aromatic heterocycles. The summed E-state index contributed by atoms with van der Waals surface area (Å²) in [6.45, 7) is 7.58. The minimum Gasteiger partial charge on any atom is -0.497 e. The molecule has 3 heterocycles. The summed E-state index contributed by atoms with van der Waals surface area (Å²) in [5.41, 5.74) is 1.01. The molecule has 31 heavy (non-hydrogen) atoms. The maximum atomic E-state index is 12.9. The summed E-state index contributed by atoms with van der Waals surface area (Å²) >= 11 is 0. The van der Waals surface area contributed by atoms with E-state index in [0.29, 0.717) is 30.6 Å². The number of morpholine rings is 1. The molecule has 2 amide bonds. The molecule has 170 valence electrons. The maximum absolute atomic E-state index is 12.9. The number of amides is 2. The lowest BCUT2D eigenvalue weighted by atomic mass is 9.82. The van der Waals surface area contributed by atoms with E-state index in [1.54, 1.807) is 7.11 Å². The molecule has 0 N–H and O–H groups in total. The monoisotopic (exact) mass is 429 g/mol. The van der Waals surface area contributed by atoms with E-state index >= 15 is 0 Å². The molecule has 4 rings (SSSR count). The average molecular weight is 430 g/mol. The Bertz CT molecular complexity index is 748. The lowest BCUT2D eigenvalue weighted by molar-refractivity contribution is -0.133. The topological polar surface area (TPSA) is 62.3 Å². The first-order chi connectivity index (χ1) is 15.1. The summed E-state index contributed by atoms with van der Waals surface area (Å²) in [7, 11) is 1.64. The highest BCUT2D eigenvalue weighted by atomic mass is 16.5. The van der Waals surface area contributed by atoms with Gasteiger partial charge in [0, 0.05) is 52.2 Å². The molecule has 3 fully saturated rings. The largest absolute Gasteiger partial charge is 0.497 e. The lowest BCUT2D eigenvalue weighted by Gasteiger charge is -2.37. The predicted octanol–water partition coefficient (Wildman–Crippen LogP) is 1.66. The summed E-state index contributed by atoms with van der Waals surface area (Å²) in [6.07, 6.45) is 2.98. The van der Waals surface area contributed by atoms with Crippen molar-refractivity contribution in [2.24, 2.45) is 11.8 Å². The van der Waals surface area contributed by atoms with Crippen molar-refractivity contribution in [3.05, 3.63) is 29.8 Å². The van der Waals surface area contributed by atoms with Gasteiger partial charge in [0.25, 0.3) is 0 Å². The van der Waals surface area contributed by atoms with Crippen LogP contribution in [0, 0.1) is 11.8 Å². The van der Waals surface area contributed by atoms with Crippen LogP contribution in [0.1, 0.15) is 24.8 Å². The van der Waals surface area contributed by atoms with Crippen molar-refractivity contribution in [1.82, 2.24) is 14.7 Å². The molecule has 0 radical (unpaired) electrons. The Kier molecular flexibility index (Phi) is 7.45. The van der Waals surface area contributed by atoms with E-state index in [9.17, 15) is 9.59 Å². The molecule has 0 saturated carbocycles. The number of fused-ring (bicyclic) bond motifs is 1. The fourth-order valence-corrected chi connectivity index (χ4v) is 5.06. The molecule has 1 aromatic rings. The van der Waals surface area contributed by atoms with Gasteiger partial charge in [-0.15, -0.1) is 0 Å². The fraction of sp³-hybridized carbons (Fsp3) is 0.667. The van der Waals surface area contributed by atoms with Gasteiger partial charge in [0.2, 0.25) is 11.8 Å². The first-order valence-electron chi connectivity index (χ1n) is 11.6. The quantitative estimate of drug-likeness (QED) is 0.688. The molecule has 0 bridgehead atoms. The Morgan fingerprint density at radius 3 is 2.52 bits per heavy atom. The summed E-state index contributed by atoms with van der Waals surface area (Å²) in [6, 6.07) is 7.72. The van der Waals surface area contributed by atoms with E-state index in [-0.39, 0.29) is 5.91 Å². The van der Waals surface area contributed by atoms with Gasteiger partial charge in [0.15, 0.2) is 0 Å². The molecule has 7 nitrogen and oxygen atoms in total. The molecule has 3 saturated heterocycles. The summed E-state index contributed by atoms with van der Waals surface area (Å²) in [5, 5.41) is 0. The normalized spacial score (nSPS) is 25.1. The number of carbonyl (C=O) groups excluding carboxylic acids is 2. The lowest BCUT2D eigenvalue weighted by Crippen LogP contribution is -2.44. The summed E-state index contributed by atoms with van der Waals surface area (Å²) in [4.78, 5) is 32.2. The van der Waals surface area contributed by atoms with Gasteiger partial charge in [-0.25, -0.2) is 0 Å². The van der Waals surface area contributed by atoms with E-state index < -0.39 is 0 Å². The number of methoxy groups -OCH3 is 1. The molecule has 1 aromatic carbocycles. The SMILES string of the molecule is COc1ccc(CC(=O)N2CC[C@H]3CC(=O)N(CCN4CCOCC4)CC[C@H]3C2)cc1. The zero-order valence-electron chi connectivity index (χ0n) is 18.6. The minimum atomic E-state index is 0.184. The molecule has 0 aliphatic carbocycles. The first-order valence-corrected chi connectivity index (χ1v) is 11.6. The number of benzene rings is 1. The minimum absolute atomic E-state index is 0.184. The zero-order valence-corrected chi connectivity index (χ0v) is 18.6. The third kappa shape index (κ3) is 5.77. The molecule has 3 aliphatic heterocycles. The average Bonchev–Trinajstić information content (AvgIpc) is 2.96. The molecular formula is C24H35N3O4. The number of carbonyl (C=O) groups is 2. The maximum Gasteiger partial charge on any atom is 0.226 e. The van der Waals surface area contributed by atoms with E-state index in [1.807, 2.05) is 29.2 Å². The molecule has 7 heteroatoms. The van der Waals surface area contributed by atoms with Crippen LogP contribution in [0.4, 0.5) is 0 Å². The third-order valence-corrected chi connectivity index (χ3v) is 7.11. The van der Waals surface area contributed by atoms with Gasteiger partial charge in [0.05, 0.1) is 26.7 Å². The van der Waals surface area contributed by atoms with Crippen LogP contribution in [0.5, 0.6) is 5.75 Å². The Morgan fingerprint density at radius 2 is 1.77 bits per heavy atom. The van der Waals surface area contributed by atoms with E-state index in [1.165, 1.54) is 0 Å². The van der Waals surface area contributed by atoms with Crippen LogP contribution in [0.3, 0.4) is 0 Å². The summed E-state index contributed by atoms with van der Waals surface area (Å²) < 4.78 is 10.6. The van der Waals surface area contributed by atoms with Crippen molar-refractivity contribution in [3.63, 3.8) is 0 Å². The Balaban J connectivity index is 1.28. The Labute approximate surface area is 185 Å². The van der Waals surface area contributed by atoms with Crippen molar-refractivity contribution in [2.75, 3.05) is 66.1 Å². The van der Waals surface area contributed by atoms with Crippen LogP contribution in [0.15, 0.2) is 24.3 Å². The van der Waals surface area contributed by atoms with Crippen LogP contribution in [0.25, 0.3) is 0 Å². The second-order valence-electron chi connectivity index (χ2n) is 9.00. The van der Waals surface area contributed by atoms with Gasteiger partial charge in [-0.1, -0.05) is 12.1 Å². The molecule has 0 unspecified atom stereocenters. The number of piperidine rings is 1. The number of ether oxygens (including phenoxy) is 2. The fourth-order valence-electron chi connectivity index (χ4n) is 5.06. The molecule has 0 spiro atoms. The standard InChI is InChI=1S/C24H35N3O4/c1-30-22-4-2-19(3-5-22)16-23(28)27-9-6-20-17-24(29)26(8-7-21(20)18-27)11-10-25-12-14-31-15-13-25/h2-5,20-21H,6-18H2,1H3/t20-,21-/m0/s1. The zero-order chi connectivity index (χ0) is 21.6. The van der Waals surface area contributed by atoms with Gasteiger partial charge in [0.1, 0.15) is 5.75 Å². The van der Waals surface area contributed by atoms with E-state index in [2.05, 4.69) is 9.80 Å². The van der Waals surface area contributed by atoms with E-state index in [4.69, 9.17) is 9.47 Å². The van der Waals surface area contributed by atoms with Gasteiger partial charge in [-0.05, 0) is 42.4 Å². The van der Waals surface area contributed by atoms with Crippen LogP contribution in [-0.4, -0.2) is 92.7 Å².